The number of hydrogen-bond donors (Lipinski definition) is 2. The summed E-state index contributed by atoms with van der Waals surface area (Å²) in [6.45, 7) is 4.83. The van der Waals surface area contributed by atoms with Crippen molar-refractivity contribution in [3.63, 3.8) is 0 Å². The molecule has 1 fully saturated rings. The number of hydrogen-bond acceptors (Lipinski definition) is 3. The van der Waals surface area contributed by atoms with Crippen LogP contribution >= 0.6 is 0 Å². The van der Waals surface area contributed by atoms with E-state index in [2.05, 4.69) is 17.1 Å². The summed E-state index contributed by atoms with van der Waals surface area (Å²) < 4.78 is 0. The van der Waals surface area contributed by atoms with Gasteiger partial charge in [-0.25, -0.2) is 0 Å². The number of likely N-dealkylation sites (tertiary alicyclic amines) is 1. The highest BCUT2D eigenvalue weighted by Crippen LogP contribution is 2.21. The van der Waals surface area contributed by atoms with Crippen LogP contribution in [0.5, 0.6) is 0 Å². The minimum absolute atomic E-state index is 0.0817. The van der Waals surface area contributed by atoms with Crippen LogP contribution in [0.1, 0.15) is 26.2 Å². The first-order chi connectivity index (χ1) is 9.69. The molecule has 0 aromatic heterocycles. The normalized spacial score (nSPS) is 23.5. The molecule has 1 aliphatic heterocycles. The van der Waals surface area contributed by atoms with Crippen LogP contribution in [-0.2, 0) is 4.79 Å². The van der Waals surface area contributed by atoms with E-state index in [9.17, 15) is 4.79 Å². The first kappa shape index (κ1) is 15.0. The fraction of sp³-hybridized carbons (Fsp3) is 0.562. The molecule has 0 spiro atoms. The third kappa shape index (κ3) is 4.32. The molecule has 0 saturated carbocycles. The number of amides is 1. The molecule has 1 aromatic carbocycles. The van der Waals surface area contributed by atoms with Crippen molar-refractivity contribution in [1.82, 2.24) is 4.90 Å². The minimum Gasteiger partial charge on any atom is -0.330 e. The van der Waals surface area contributed by atoms with Crippen LogP contribution in [0, 0.1) is 5.92 Å². The summed E-state index contributed by atoms with van der Waals surface area (Å²) in [6.07, 6.45) is 2.93. The van der Waals surface area contributed by atoms with Crippen molar-refractivity contribution in [3.05, 3.63) is 30.3 Å². The number of para-hydroxylation sites is 1. The molecule has 2 rings (SSSR count). The van der Waals surface area contributed by atoms with Crippen molar-refractivity contribution < 1.29 is 4.79 Å². The van der Waals surface area contributed by atoms with Crippen LogP contribution in [0.2, 0.25) is 0 Å². The van der Waals surface area contributed by atoms with Gasteiger partial charge < -0.3 is 11.1 Å². The fourth-order valence-electron chi connectivity index (χ4n) is 2.76. The van der Waals surface area contributed by atoms with Gasteiger partial charge in [0, 0.05) is 31.2 Å². The number of piperidine rings is 1. The van der Waals surface area contributed by atoms with E-state index >= 15 is 0 Å². The molecule has 3 N–H and O–H groups in total. The van der Waals surface area contributed by atoms with Gasteiger partial charge in [-0.1, -0.05) is 18.2 Å². The molecular formula is C16H25N3O. The first-order valence-corrected chi connectivity index (χ1v) is 7.48. The first-order valence-electron chi connectivity index (χ1n) is 7.48. The summed E-state index contributed by atoms with van der Waals surface area (Å²) >= 11 is 0. The molecule has 1 amide bonds. The molecule has 2 unspecified atom stereocenters. The van der Waals surface area contributed by atoms with Crippen LogP contribution in [0.15, 0.2) is 30.3 Å². The lowest BCUT2D eigenvalue weighted by Gasteiger charge is -2.37. The largest absolute Gasteiger partial charge is 0.330 e. The number of nitrogens with one attached hydrogen (secondary N) is 1. The van der Waals surface area contributed by atoms with Gasteiger partial charge in [0.15, 0.2) is 0 Å². The van der Waals surface area contributed by atoms with E-state index in [4.69, 9.17) is 5.73 Å². The zero-order chi connectivity index (χ0) is 14.4. The van der Waals surface area contributed by atoms with Gasteiger partial charge in [0.25, 0.3) is 0 Å². The van der Waals surface area contributed by atoms with Gasteiger partial charge in [-0.3, -0.25) is 9.69 Å². The maximum atomic E-state index is 12.0. The Morgan fingerprint density at radius 1 is 1.35 bits per heavy atom. The molecular weight excluding hydrogens is 250 g/mol. The third-order valence-electron chi connectivity index (χ3n) is 4.13. The number of rotatable bonds is 5. The Bertz CT molecular complexity index is 421. The van der Waals surface area contributed by atoms with E-state index in [0.29, 0.717) is 18.4 Å². The Morgan fingerprint density at radius 3 is 2.80 bits per heavy atom. The van der Waals surface area contributed by atoms with Crippen LogP contribution < -0.4 is 11.1 Å². The third-order valence-corrected chi connectivity index (χ3v) is 4.13. The lowest BCUT2D eigenvalue weighted by Crippen LogP contribution is -2.44. The summed E-state index contributed by atoms with van der Waals surface area (Å²) in [6, 6.07) is 10.2. The molecule has 110 valence electrons. The van der Waals surface area contributed by atoms with Gasteiger partial charge >= 0.3 is 0 Å². The Labute approximate surface area is 121 Å². The Hall–Kier alpha value is -1.39. The standard InChI is InChI=1S/C16H25N3O/c1-13-7-8-14(11-17)12-19(13)10-9-16(20)18-15-5-3-2-4-6-15/h2-6,13-14H,7-12,17H2,1H3,(H,18,20). The van der Waals surface area contributed by atoms with Crippen molar-refractivity contribution in [1.29, 1.82) is 0 Å². The highest BCUT2D eigenvalue weighted by molar-refractivity contribution is 5.90. The second-order valence-electron chi connectivity index (χ2n) is 5.69. The second kappa shape index (κ2) is 7.41. The maximum Gasteiger partial charge on any atom is 0.225 e. The molecule has 0 bridgehead atoms. The van der Waals surface area contributed by atoms with Crippen molar-refractivity contribution in [3.8, 4) is 0 Å². The summed E-state index contributed by atoms with van der Waals surface area (Å²) in [7, 11) is 0. The minimum atomic E-state index is 0.0817. The van der Waals surface area contributed by atoms with E-state index in [1.807, 2.05) is 30.3 Å². The molecule has 4 nitrogen and oxygen atoms in total. The Balaban J connectivity index is 1.77. The summed E-state index contributed by atoms with van der Waals surface area (Å²) in [5.74, 6) is 0.668. The van der Waals surface area contributed by atoms with E-state index in [0.717, 1.165) is 25.3 Å². The van der Waals surface area contributed by atoms with Crippen molar-refractivity contribution in [2.75, 3.05) is 25.0 Å². The Morgan fingerprint density at radius 2 is 2.10 bits per heavy atom. The lowest BCUT2D eigenvalue weighted by molar-refractivity contribution is -0.116. The smallest absolute Gasteiger partial charge is 0.225 e. The molecule has 0 radical (unpaired) electrons. The maximum absolute atomic E-state index is 12.0. The number of benzene rings is 1. The Kier molecular flexibility index (Phi) is 5.56. The highest BCUT2D eigenvalue weighted by Gasteiger charge is 2.24. The average Bonchev–Trinajstić information content (AvgIpc) is 2.47. The van der Waals surface area contributed by atoms with Gasteiger partial charge in [0.2, 0.25) is 5.91 Å². The predicted octanol–water partition coefficient (Wildman–Crippen LogP) is 2.07. The van der Waals surface area contributed by atoms with Crippen LogP contribution in [-0.4, -0.2) is 36.5 Å². The molecule has 20 heavy (non-hydrogen) atoms. The van der Waals surface area contributed by atoms with Crippen molar-refractivity contribution in [2.24, 2.45) is 11.7 Å². The van der Waals surface area contributed by atoms with Crippen LogP contribution in [0.3, 0.4) is 0 Å². The van der Waals surface area contributed by atoms with Gasteiger partial charge in [-0.05, 0) is 44.4 Å². The second-order valence-corrected chi connectivity index (χ2v) is 5.69. The van der Waals surface area contributed by atoms with Crippen molar-refractivity contribution >= 4 is 11.6 Å². The van der Waals surface area contributed by atoms with E-state index in [1.54, 1.807) is 0 Å². The molecule has 1 saturated heterocycles. The van der Waals surface area contributed by atoms with Gasteiger partial charge in [-0.15, -0.1) is 0 Å². The average molecular weight is 275 g/mol. The van der Waals surface area contributed by atoms with E-state index < -0.39 is 0 Å². The van der Waals surface area contributed by atoms with Gasteiger partial charge in [0.05, 0.1) is 0 Å². The number of anilines is 1. The van der Waals surface area contributed by atoms with Crippen LogP contribution in [0.4, 0.5) is 5.69 Å². The molecule has 0 aliphatic carbocycles. The molecule has 1 heterocycles. The summed E-state index contributed by atoms with van der Waals surface area (Å²) in [5.41, 5.74) is 6.63. The van der Waals surface area contributed by atoms with E-state index in [-0.39, 0.29) is 5.91 Å². The predicted molar refractivity (Wildman–Crippen MR) is 82.5 cm³/mol. The number of nitrogens with zero attached hydrogens (tertiary/aromatic N) is 1. The highest BCUT2D eigenvalue weighted by atomic mass is 16.1. The van der Waals surface area contributed by atoms with Gasteiger partial charge in [-0.2, -0.15) is 0 Å². The van der Waals surface area contributed by atoms with Gasteiger partial charge in [0.1, 0.15) is 0 Å². The molecule has 1 aromatic rings. The number of carbonyl (C=O) groups is 1. The quantitative estimate of drug-likeness (QED) is 0.865. The number of carbonyl (C=O) groups excluding carboxylic acids is 1. The molecule has 4 heteroatoms. The molecule has 2 atom stereocenters. The summed E-state index contributed by atoms with van der Waals surface area (Å²) in [4.78, 5) is 14.3. The zero-order valence-electron chi connectivity index (χ0n) is 12.2. The number of nitrogens with two attached hydrogens (primary N) is 1. The van der Waals surface area contributed by atoms with Crippen molar-refractivity contribution in [2.45, 2.75) is 32.2 Å². The fourth-order valence-corrected chi connectivity index (χ4v) is 2.76. The monoisotopic (exact) mass is 275 g/mol. The zero-order valence-corrected chi connectivity index (χ0v) is 12.2. The molecule has 1 aliphatic rings. The van der Waals surface area contributed by atoms with Crippen LogP contribution in [0.25, 0.3) is 0 Å². The lowest BCUT2D eigenvalue weighted by atomic mass is 9.93. The summed E-state index contributed by atoms with van der Waals surface area (Å²) in [5, 5.41) is 2.93. The SMILES string of the molecule is CC1CCC(CN)CN1CCC(=O)Nc1ccccc1. The topological polar surface area (TPSA) is 58.4 Å². The van der Waals surface area contributed by atoms with E-state index in [1.165, 1.54) is 12.8 Å².